The molecule has 0 unspecified atom stereocenters. The van der Waals surface area contributed by atoms with Crippen molar-refractivity contribution in [2.75, 3.05) is 22.1 Å². The number of amides is 2. The maximum atomic E-state index is 12.8. The molecule has 0 bridgehead atoms. The molecule has 0 aliphatic rings. The molecule has 4 rings (SSSR count). The number of aromatic nitrogens is 3. The van der Waals surface area contributed by atoms with Gasteiger partial charge in [-0.05, 0) is 43.3 Å². The van der Waals surface area contributed by atoms with E-state index in [9.17, 15) is 22.8 Å². The third kappa shape index (κ3) is 7.16. The van der Waals surface area contributed by atoms with E-state index in [1.807, 2.05) is 6.92 Å². The van der Waals surface area contributed by atoms with Crippen LogP contribution in [0.2, 0.25) is 0 Å². The Kier molecular flexibility index (Phi) is 7.94. The van der Waals surface area contributed by atoms with Crippen LogP contribution in [0.25, 0.3) is 10.2 Å². The van der Waals surface area contributed by atoms with Crippen LogP contribution in [0.3, 0.4) is 0 Å². The van der Waals surface area contributed by atoms with Crippen LogP contribution in [-0.2, 0) is 15.8 Å². The highest BCUT2D eigenvalue weighted by Gasteiger charge is 2.30. The minimum Gasteiger partial charge on any atom is -0.325 e. The summed E-state index contributed by atoms with van der Waals surface area (Å²) < 4.78 is 40.7. The van der Waals surface area contributed by atoms with Crippen molar-refractivity contribution in [1.29, 1.82) is 0 Å². The lowest BCUT2D eigenvalue weighted by Crippen LogP contribution is -2.14. The van der Waals surface area contributed by atoms with E-state index in [1.165, 1.54) is 58.3 Å². The minimum absolute atomic E-state index is 0.0119. The fourth-order valence-electron chi connectivity index (χ4n) is 2.80. The summed E-state index contributed by atoms with van der Waals surface area (Å²) in [6, 6.07) is 9.80. The first-order chi connectivity index (χ1) is 16.7. The molecule has 2 amide bonds. The number of aryl methyl sites for hydroxylation is 1. The number of halogens is 3. The lowest BCUT2D eigenvalue weighted by molar-refractivity contribution is -0.137. The second-order valence-corrected chi connectivity index (χ2v) is 11.7. The van der Waals surface area contributed by atoms with E-state index in [0.29, 0.717) is 15.5 Å². The number of thiazole rings is 1. The van der Waals surface area contributed by atoms with Crippen LogP contribution in [0.1, 0.15) is 10.6 Å². The molecule has 0 saturated heterocycles. The van der Waals surface area contributed by atoms with Crippen LogP contribution in [0, 0.1) is 6.92 Å². The highest BCUT2D eigenvalue weighted by atomic mass is 32.2. The van der Waals surface area contributed by atoms with E-state index in [0.717, 1.165) is 26.2 Å². The van der Waals surface area contributed by atoms with Gasteiger partial charge >= 0.3 is 6.18 Å². The maximum Gasteiger partial charge on any atom is 0.416 e. The summed E-state index contributed by atoms with van der Waals surface area (Å²) >= 11 is 5.28. The first-order valence-electron chi connectivity index (χ1n) is 9.89. The quantitative estimate of drug-likeness (QED) is 0.260. The normalized spacial score (nSPS) is 11.5. The molecule has 2 aromatic carbocycles. The molecule has 0 fully saturated rings. The van der Waals surface area contributed by atoms with Crippen molar-refractivity contribution < 1.29 is 22.8 Å². The van der Waals surface area contributed by atoms with Gasteiger partial charge in [0.2, 0.25) is 11.8 Å². The molecule has 0 atom stereocenters. The summed E-state index contributed by atoms with van der Waals surface area (Å²) in [6.07, 6.45) is -4.48. The average Bonchev–Trinajstić information content (AvgIpc) is 3.41. The molecule has 2 N–H and O–H groups in total. The van der Waals surface area contributed by atoms with E-state index >= 15 is 0 Å². The van der Waals surface area contributed by atoms with Crippen molar-refractivity contribution in [1.82, 2.24) is 15.2 Å². The number of alkyl halides is 3. The highest BCUT2D eigenvalue weighted by Crippen LogP contribution is 2.33. The number of hydrogen-bond acceptors (Lipinski definition) is 9. The zero-order chi connectivity index (χ0) is 25.0. The van der Waals surface area contributed by atoms with Crippen molar-refractivity contribution in [3.05, 3.63) is 53.0 Å². The number of rotatable bonds is 8. The Morgan fingerprint density at radius 2 is 1.60 bits per heavy atom. The molecule has 0 aliphatic carbocycles. The van der Waals surface area contributed by atoms with Gasteiger partial charge in [0.1, 0.15) is 5.01 Å². The van der Waals surface area contributed by atoms with Crippen molar-refractivity contribution in [3.63, 3.8) is 0 Å². The number of carbonyl (C=O) groups excluding carboxylic acids is 2. The molecule has 182 valence electrons. The minimum atomic E-state index is -4.48. The number of nitrogens with zero attached hydrogens (tertiary/aromatic N) is 3. The van der Waals surface area contributed by atoms with Crippen molar-refractivity contribution in [3.8, 4) is 0 Å². The summed E-state index contributed by atoms with van der Waals surface area (Å²) in [5.41, 5.74) is 0.590. The lowest BCUT2D eigenvalue weighted by atomic mass is 10.2. The van der Waals surface area contributed by atoms with Gasteiger partial charge in [-0.2, -0.15) is 13.2 Å². The predicted octanol–water partition coefficient (Wildman–Crippen LogP) is 5.94. The monoisotopic (exact) mass is 555 g/mol. The van der Waals surface area contributed by atoms with Crippen LogP contribution >= 0.6 is 46.2 Å². The van der Waals surface area contributed by atoms with Gasteiger partial charge < -0.3 is 10.6 Å². The molecule has 0 saturated carbocycles. The van der Waals surface area contributed by atoms with E-state index in [-0.39, 0.29) is 23.1 Å². The van der Waals surface area contributed by atoms with Crippen LogP contribution < -0.4 is 10.6 Å². The lowest BCUT2D eigenvalue weighted by Gasteiger charge is -2.09. The first-order valence-corrected chi connectivity index (χ1v) is 13.5. The average molecular weight is 556 g/mol. The highest BCUT2D eigenvalue weighted by molar-refractivity contribution is 8.02. The predicted molar refractivity (Wildman–Crippen MR) is 134 cm³/mol. The molecule has 0 spiro atoms. The Morgan fingerprint density at radius 3 is 2.26 bits per heavy atom. The Morgan fingerprint density at radius 1 is 0.914 bits per heavy atom. The summed E-state index contributed by atoms with van der Waals surface area (Å²) in [6.45, 7) is 1.85. The van der Waals surface area contributed by atoms with Gasteiger partial charge in [0.25, 0.3) is 0 Å². The number of carbonyl (C=O) groups is 2. The summed E-state index contributed by atoms with van der Waals surface area (Å²) in [7, 11) is 0. The first kappa shape index (κ1) is 25.4. The van der Waals surface area contributed by atoms with Crippen LogP contribution in [-0.4, -0.2) is 38.5 Å². The smallest absolute Gasteiger partial charge is 0.325 e. The van der Waals surface area contributed by atoms with Gasteiger partial charge in [0.15, 0.2) is 8.68 Å². The second kappa shape index (κ2) is 10.9. The maximum absolute atomic E-state index is 12.8. The van der Waals surface area contributed by atoms with E-state index in [2.05, 4.69) is 25.8 Å². The third-order valence-electron chi connectivity index (χ3n) is 4.29. The fourth-order valence-corrected chi connectivity index (χ4v) is 6.33. The largest absolute Gasteiger partial charge is 0.416 e. The Hall–Kier alpha value is -2.68. The molecular weight excluding hydrogens is 540 g/mol. The van der Waals surface area contributed by atoms with Crippen LogP contribution in [0.15, 0.2) is 51.1 Å². The van der Waals surface area contributed by atoms with E-state index in [4.69, 9.17) is 0 Å². The van der Waals surface area contributed by atoms with Gasteiger partial charge in [-0.3, -0.25) is 9.59 Å². The topological polar surface area (TPSA) is 96.9 Å². The van der Waals surface area contributed by atoms with E-state index in [1.54, 1.807) is 18.2 Å². The van der Waals surface area contributed by atoms with Crippen molar-refractivity contribution in [2.45, 2.75) is 21.8 Å². The summed E-state index contributed by atoms with van der Waals surface area (Å²) in [4.78, 5) is 28.9. The molecule has 0 aliphatic heterocycles. The summed E-state index contributed by atoms with van der Waals surface area (Å²) in [5, 5.41) is 14.0. The van der Waals surface area contributed by atoms with E-state index < -0.39 is 17.6 Å². The molecule has 2 heterocycles. The van der Waals surface area contributed by atoms with Gasteiger partial charge in [-0.25, -0.2) is 4.98 Å². The third-order valence-corrected chi connectivity index (χ3v) is 8.42. The molecule has 4 aromatic rings. The Bertz CT molecular complexity index is 1370. The molecule has 14 heteroatoms. The zero-order valence-electron chi connectivity index (χ0n) is 17.9. The number of fused-ring (bicyclic) bond motifs is 1. The number of hydrogen-bond donors (Lipinski definition) is 2. The number of benzene rings is 2. The zero-order valence-corrected chi connectivity index (χ0v) is 21.1. The van der Waals surface area contributed by atoms with Gasteiger partial charge in [0, 0.05) is 11.4 Å². The van der Waals surface area contributed by atoms with Crippen molar-refractivity contribution >= 4 is 79.6 Å². The summed E-state index contributed by atoms with van der Waals surface area (Å²) in [5.74, 6) is -0.420. The van der Waals surface area contributed by atoms with Gasteiger partial charge in [0.05, 0.1) is 27.3 Å². The Labute approximate surface area is 213 Å². The second-order valence-electron chi connectivity index (χ2n) is 7.00. The number of nitrogens with one attached hydrogen (secondary N) is 2. The van der Waals surface area contributed by atoms with Crippen LogP contribution in [0.5, 0.6) is 0 Å². The number of anilines is 2. The molecular formula is C21H16F3N5O2S4. The number of thioether (sulfide) groups is 2. The molecule has 7 nitrogen and oxygen atoms in total. The molecule has 0 radical (unpaired) electrons. The fraction of sp³-hybridized carbons (Fsp3) is 0.190. The SMILES string of the molecule is Cc1nnc(SCC(=O)Nc2ccc3nc(SCC(=O)Nc4cccc(C(F)(F)F)c4)sc3c2)s1. The van der Waals surface area contributed by atoms with Crippen molar-refractivity contribution in [2.24, 2.45) is 0 Å². The standard InChI is InChI=1S/C21H16F3N5O2S4/c1-11-28-29-20(34-11)33-10-18(31)26-14-5-6-15-16(8-14)35-19(27-15)32-9-17(30)25-13-4-2-3-12(7-13)21(22,23)24/h2-8H,9-10H2,1H3,(H,25,30)(H,26,31). The van der Waals surface area contributed by atoms with Crippen LogP contribution in [0.4, 0.5) is 24.5 Å². The van der Waals surface area contributed by atoms with Gasteiger partial charge in [-0.1, -0.05) is 40.9 Å². The molecule has 2 aromatic heterocycles. The Balaban J connectivity index is 1.31. The van der Waals surface area contributed by atoms with Gasteiger partial charge in [-0.15, -0.1) is 21.5 Å². The molecule has 35 heavy (non-hydrogen) atoms.